The standard InChI is InChI=1S/C48H41N3O9S/c52-28-34-29-61-46-39(45(56)51(46)40(34)48(58)60-42(32-20-9-3-10-21-32)33-22-11-4-12-23-33)49-38(53)27-15-26-37(50-43(54)35-24-13-14-25-36(35)44(50)55)47(57)59-41(30-16-5-1-6-17-30)31-18-7-2-8-19-31/h1-14,16-25,37,39,41-42,46,52H,15,26-29H2,(H,49,53)/t37?,39-,46-/m0/s1. The van der Waals surface area contributed by atoms with Crippen LogP contribution in [-0.4, -0.2) is 80.3 Å². The van der Waals surface area contributed by atoms with Crippen molar-refractivity contribution in [2.24, 2.45) is 0 Å². The van der Waals surface area contributed by atoms with Gasteiger partial charge in [-0.1, -0.05) is 133 Å². The molecule has 13 heteroatoms. The van der Waals surface area contributed by atoms with Crippen molar-refractivity contribution in [2.75, 3.05) is 12.4 Å². The van der Waals surface area contributed by atoms with Crippen molar-refractivity contribution in [3.63, 3.8) is 0 Å². The second-order valence-electron chi connectivity index (χ2n) is 14.7. The van der Waals surface area contributed by atoms with Crippen LogP contribution in [0.25, 0.3) is 0 Å². The van der Waals surface area contributed by atoms with E-state index in [1.54, 1.807) is 12.1 Å². The van der Waals surface area contributed by atoms with Gasteiger partial charge >= 0.3 is 11.9 Å². The lowest BCUT2D eigenvalue weighted by molar-refractivity contribution is -0.155. The SMILES string of the molecule is O=C(CCCC(C(=O)OC(c1ccccc1)c1ccccc1)N1C(=O)c2ccccc2C1=O)N[C@H]1C(=O)N2C(C(=O)OC(c3ccccc3)c3ccccc3)=C(CO)CS[C@@H]12. The Morgan fingerprint density at radius 3 is 1.61 bits per heavy atom. The van der Waals surface area contributed by atoms with Crippen molar-refractivity contribution in [1.82, 2.24) is 15.1 Å². The molecule has 5 aromatic rings. The van der Waals surface area contributed by atoms with E-state index in [0.717, 1.165) is 16.0 Å². The molecule has 12 nitrogen and oxygen atoms in total. The molecule has 0 saturated carbocycles. The Balaban J connectivity index is 0.955. The summed E-state index contributed by atoms with van der Waals surface area (Å²) in [6, 6.07) is 40.6. The monoisotopic (exact) mass is 835 g/mol. The average Bonchev–Trinajstić information content (AvgIpc) is 3.56. The fourth-order valence-electron chi connectivity index (χ4n) is 7.86. The molecule has 3 aliphatic rings. The molecule has 3 atom stereocenters. The first kappa shape index (κ1) is 40.9. The summed E-state index contributed by atoms with van der Waals surface area (Å²) >= 11 is 1.30. The number of fused-ring (bicyclic) bond motifs is 2. The average molecular weight is 836 g/mol. The molecule has 0 radical (unpaired) electrons. The fraction of sp³-hybridized carbons (Fsp3) is 0.208. The maximum Gasteiger partial charge on any atom is 0.356 e. The number of aliphatic hydroxyl groups is 1. The summed E-state index contributed by atoms with van der Waals surface area (Å²) in [7, 11) is 0. The van der Waals surface area contributed by atoms with E-state index in [1.807, 2.05) is 121 Å². The number of imide groups is 1. The largest absolute Gasteiger partial charge is 0.451 e. The summed E-state index contributed by atoms with van der Waals surface area (Å²) in [5.74, 6) is -3.70. The van der Waals surface area contributed by atoms with Crippen LogP contribution < -0.4 is 5.32 Å². The lowest BCUT2D eigenvalue weighted by atomic mass is 10.0. The fourth-order valence-corrected chi connectivity index (χ4v) is 9.20. The third-order valence-corrected chi connectivity index (χ3v) is 12.2. The summed E-state index contributed by atoms with van der Waals surface area (Å²) in [5.41, 5.74) is 3.43. The number of esters is 2. The number of amides is 4. The smallest absolute Gasteiger partial charge is 0.356 e. The normalized spacial score (nSPS) is 17.5. The summed E-state index contributed by atoms with van der Waals surface area (Å²) in [6.07, 6.45) is -1.83. The lowest BCUT2D eigenvalue weighted by Crippen LogP contribution is -2.70. The van der Waals surface area contributed by atoms with E-state index in [0.29, 0.717) is 16.7 Å². The predicted octanol–water partition coefficient (Wildman–Crippen LogP) is 6.13. The van der Waals surface area contributed by atoms with Crippen LogP contribution in [0.1, 0.15) is 74.4 Å². The molecule has 2 N–H and O–H groups in total. The summed E-state index contributed by atoms with van der Waals surface area (Å²) < 4.78 is 12.2. The zero-order valence-electron chi connectivity index (χ0n) is 32.8. The van der Waals surface area contributed by atoms with E-state index >= 15 is 0 Å². The highest BCUT2D eigenvalue weighted by atomic mass is 32.2. The number of benzene rings is 5. The highest BCUT2D eigenvalue weighted by Gasteiger charge is 2.54. The number of β-lactam (4-membered cyclic amide) rings is 1. The molecule has 308 valence electrons. The molecule has 0 aliphatic carbocycles. The zero-order chi connectivity index (χ0) is 42.5. The molecule has 61 heavy (non-hydrogen) atoms. The summed E-state index contributed by atoms with van der Waals surface area (Å²) in [5, 5.41) is 12.4. The minimum Gasteiger partial charge on any atom is -0.451 e. The molecular weight excluding hydrogens is 795 g/mol. The van der Waals surface area contributed by atoms with Gasteiger partial charge in [0.05, 0.1) is 17.7 Å². The van der Waals surface area contributed by atoms with Crippen LogP contribution in [0.15, 0.2) is 157 Å². The van der Waals surface area contributed by atoms with Crippen molar-refractivity contribution in [2.45, 2.75) is 48.9 Å². The molecule has 3 heterocycles. The van der Waals surface area contributed by atoms with Gasteiger partial charge in [-0.25, -0.2) is 9.59 Å². The van der Waals surface area contributed by atoms with Gasteiger partial charge in [-0.15, -0.1) is 11.8 Å². The van der Waals surface area contributed by atoms with E-state index in [1.165, 1.54) is 28.8 Å². The molecule has 0 aromatic heterocycles. The van der Waals surface area contributed by atoms with Gasteiger partial charge < -0.3 is 19.9 Å². The first-order valence-corrected chi connectivity index (χ1v) is 20.9. The number of aliphatic hydroxyl groups excluding tert-OH is 1. The number of thioether (sulfide) groups is 1. The Kier molecular flexibility index (Phi) is 12.2. The highest BCUT2D eigenvalue weighted by Crippen LogP contribution is 2.42. The molecular formula is C48H41N3O9S. The number of hydrogen-bond donors (Lipinski definition) is 2. The molecule has 3 aliphatic heterocycles. The van der Waals surface area contributed by atoms with Crippen molar-refractivity contribution in [1.29, 1.82) is 0 Å². The molecule has 0 bridgehead atoms. The minimum atomic E-state index is -1.36. The van der Waals surface area contributed by atoms with Gasteiger partial charge in [0.15, 0.2) is 12.2 Å². The van der Waals surface area contributed by atoms with Crippen LogP contribution in [0.2, 0.25) is 0 Å². The first-order chi connectivity index (χ1) is 29.7. The van der Waals surface area contributed by atoms with Crippen LogP contribution in [-0.2, 0) is 28.7 Å². The Morgan fingerprint density at radius 2 is 1.13 bits per heavy atom. The third-order valence-electron chi connectivity index (χ3n) is 10.9. The predicted molar refractivity (Wildman–Crippen MR) is 225 cm³/mol. The summed E-state index contributed by atoms with van der Waals surface area (Å²) in [4.78, 5) is 84.9. The van der Waals surface area contributed by atoms with Crippen molar-refractivity contribution < 1.29 is 43.3 Å². The number of carbonyl (C=O) groups is 6. The Labute approximate surface area is 356 Å². The number of nitrogens with zero attached hydrogens (tertiary/aromatic N) is 2. The maximum absolute atomic E-state index is 14.2. The van der Waals surface area contributed by atoms with Crippen LogP contribution in [0.4, 0.5) is 0 Å². The van der Waals surface area contributed by atoms with Gasteiger partial charge in [0, 0.05) is 12.2 Å². The van der Waals surface area contributed by atoms with Crippen molar-refractivity contribution in [3.8, 4) is 0 Å². The molecule has 5 aromatic carbocycles. The number of carbonyl (C=O) groups excluding carboxylic acids is 6. The molecule has 0 spiro atoms. The van der Waals surface area contributed by atoms with E-state index < -0.39 is 71.8 Å². The van der Waals surface area contributed by atoms with E-state index in [2.05, 4.69) is 5.32 Å². The van der Waals surface area contributed by atoms with Gasteiger partial charge in [0.2, 0.25) is 5.91 Å². The van der Waals surface area contributed by atoms with Crippen molar-refractivity contribution >= 4 is 47.3 Å². The molecule has 8 rings (SSSR count). The second kappa shape index (κ2) is 18.2. The van der Waals surface area contributed by atoms with E-state index in [9.17, 15) is 33.9 Å². The Hall–Kier alpha value is -6.83. The topological polar surface area (TPSA) is 160 Å². The van der Waals surface area contributed by atoms with Gasteiger partial charge in [0.1, 0.15) is 23.2 Å². The second-order valence-corrected chi connectivity index (χ2v) is 15.8. The van der Waals surface area contributed by atoms with Gasteiger partial charge in [-0.2, -0.15) is 0 Å². The lowest BCUT2D eigenvalue weighted by Gasteiger charge is -2.49. The number of nitrogens with one attached hydrogen (secondary N) is 1. The van der Waals surface area contributed by atoms with E-state index in [4.69, 9.17) is 9.47 Å². The molecule has 1 saturated heterocycles. The Morgan fingerprint density at radius 1 is 0.672 bits per heavy atom. The van der Waals surface area contributed by atoms with Crippen LogP contribution in [0.5, 0.6) is 0 Å². The van der Waals surface area contributed by atoms with Crippen molar-refractivity contribution in [3.05, 3.63) is 190 Å². The van der Waals surface area contributed by atoms with E-state index in [-0.39, 0.29) is 41.8 Å². The van der Waals surface area contributed by atoms with Gasteiger partial charge in [0.25, 0.3) is 17.7 Å². The zero-order valence-corrected chi connectivity index (χ0v) is 33.6. The first-order valence-electron chi connectivity index (χ1n) is 19.9. The Bertz CT molecular complexity index is 2370. The van der Waals surface area contributed by atoms with Crippen LogP contribution in [0.3, 0.4) is 0 Å². The van der Waals surface area contributed by atoms with Crippen LogP contribution in [0, 0.1) is 0 Å². The van der Waals surface area contributed by atoms with Gasteiger partial charge in [-0.3, -0.25) is 29.0 Å². The molecule has 1 unspecified atom stereocenters. The van der Waals surface area contributed by atoms with Gasteiger partial charge in [-0.05, 0) is 52.8 Å². The minimum absolute atomic E-state index is 0.0507. The molecule has 4 amide bonds. The number of hydrogen-bond acceptors (Lipinski definition) is 10. The number of rotatable bonds is 15. The quantitative estimate of drug-likeness (QED) is 0.0714. The van der Waals surface area contributed by atoms with Crippen LogP contribution >= 0.6 is 11.8 Å². The molecule has 1 fully saturated rings. The maximum atomic E-state index is 14.2. The number of ether oxygens (including phenoxy) is 2. The summed E-state index contributed by atoms with van der Waals surface area (Å²) in [6.45, 7) is -0.472. The highest BCUT2D eigenvalue weighted by molar-refractivity contribution is 8.00. The third kappa shape index (κ3) is 8.34.